The summed E-state index contributed by atoms with van der Waals surface area (Å²) in [4.78, 5) is 23.7. The molecule has 0 saturated carbocycles. The first kappa shape index (κ1) is 13.7. The third-order valence-electron chi connectivity index (χ3n) is 2.78. The molecule has 0 aromatic heterocycles. The number of hydrogen-bond acceptors (Lipinski definition) is 3. The van der Waals surface area contributed by atoms with E-state index in [1.54, 1.807) is 11.0 Å². The summed E-state index contributed by atoms with van der Waals surface area (Å²) in [6, 6.07) is 0. The second-order valence-corrected chi connectivity index (χ2v) is 4.09. The third-order valence-corrected chi connectivity index (χ3v) is 2.78. The van der Waals surface area contributed by atoms with Gasteiger partial charge in [-0.2, -0.15) is 0 Å². The maximum absolute atomic E-state index is 11.5. The van der Waals surface area contributed by atoms with E-state index >= 15 is 0 Å². The lowest BCUT2D eigenvalue weighted by atomic mass is 10.1. The fourth-order valence-corrected chi connectivity index (χ4v) is 1.84. The Hall–Kier alpha value is -1.36. The number of ether oxygens (including phenoxy) is 1. The fraction of sp³-hybridized carbons (Fsp3) is 0.667. The zero-order valence-electron chi connectivity index (χ0n) is 9.93. The van der Waals surface area contributed by atoms with Crippen LogP contribution < -0.4 is 0 Å². The standard InChI is InChI=1S/C12H19NO4/c1-2-3-11(14)13-7-4-10(5-8-13)17-9-6-12(15)16/h2,10H,1,3-9H2,(H,15,16). The Morgan fingerprint density at radius 3 is 2.59 bits per heavy atom. The van der Waals surface area contributed by atoms with Gasteiger partial charge in [0.1, 0.15) is 0 Å². The Bertz CT molecular complexity index is 282. The van der Waals surface area contributed by atoms with Crippen molar-refractivity contribution in [3.8, 4) is 0 Å². The van der Waals surface area contributed by atoms with Crippen molar-refractivity contribution in [1.82, 2.24) is 4.90 Å². The van der Waals surface area contributed by atoms with Gasteiger partial charge < -0.3 is 14.7 Å². The number of nitrogens with zero attached hydrogens (tertiary/aromatic N) is 1. The maximum atomic E-state index is 11.5. The van der Waals surface area contributed by atoms with Crippen molar-refractivity contribution in [2.75, 3.05) is 19.7 Å². The molecule has 1 heterocycles. The van der Waals surface area contributed by atoms with Gasteiger partial charge in [-0.3, -0.25) is 9.59 Å². The average molecular weight is 241 g/mol. The zero-order valence-corrected chi connectivity index (χ0v) is 9.93. The number of carboxylic acid groups (broad SMARTS) is 1. The predicted octanol–water partition coefficient (Wildman–Crippen LogP) is 1.04. The summed E-state index contributed by atoms with van der Waals surface area (Å²) in [7, 11) is 0. The van der Waals surface area contributed by atoms with Gasteiger partial charge in [0.05, 0.1) is 19.1 Å². The Balaban J connectivity index is 2.19. The van der Waals surface area contributed by atoms with Crippen LogP contribution in [0.4, 0.5) is 0 Å². The van der Waals surface area contributed by atoms with Crippen molar-refractivity contribution < 1.29 is 19.4 Å². The van der Waals surface area contributed by atoms with Gasteiger partial charge in [-0.1, -0.05) is 6.08 Å². The number of aliphatic carboxylic acids is 1. The van der Waals surface area contributed by atoms with Gasteiger partial charge in [-0.15, -0.1) is 6.58 Å². The van der Waals surface area contributed by atoms with Gasteiger partial charge >= 0.3 is 5.97 Å². The highest BCUT2D eigenvalue weighted by Gasteiger charge is 2.22. The van der Waals surface area contributed by atoms with Crippen LogP contribution >= 0.6 is 0 Å². The molecule has 0 atom stereocenters. The molecule has 5 nitrogen and oxygen atoms in total. The molecule has 1 amide bonds. The van der Waals surface area contributed by atoms with Gasteiger partial charge in [0.15, 0.2) is 0 Å². The lowest BCUT2D eigenvalue weighted by molar-refractivity contribution is -0.139. The molecule has 17 heavy (non-hydrogen) atoms. The third kappa shape index (κ3) is 4.99. The SMILES string of the molecule is C=CCC(=O)N1CCC(OCCC(=O)O)CC1. The van der Waals surface area contributed by atoms with Gasteiger partial charge in [0, 0.05) is 19.5 Å². The maximum Gasteiger partial charge on any atom is 0.305 e. The van der Waals surface area contributed by atoms with Crippen LogP contribution in [0.25, 0.3) is 0 Å². The van der Waals surface area contributed by atoms with Crippen LogP contribution in [0.2, 0.25) is 0 Å². The van der Waals surface area contributed by atoms with Crippen molar-refractivity contribution in [2.24, 2.45) is 0 Å². The van der Waals surface area contributed by atoms with Crippen molar-refractivity contribution in [3.05, 3.63) is 12.7 Å². The molecule has 1 aliphatic rings. The van der Waals surface area contributed by atoms with Gasteiger partial charge in [0.2, 0.25) is 5.91 Å². The van der Waals surface area contributed by atoms with E-state index in [0.717, 1.165) is 12.8 Å². The number of hydrogen-bond donors (Lipinski definition) is 1. The molecule has 0 unspecified atom stereocenters. The van der Waals surface area contributed by atoms with Crippen LogP contribution in [0, 0.1) is 0 Å². The number of carboxylic acids is 1. The molecule has 0 aromatic carbocycles. The van der Waals surface area contributed by atoms with Crippen LogP contribution in [-0.4, -0.2) is 47.7 Å². The zero-order chi connectivity index (χ0) is 12.7. The van der Waals surface area contributed by atoms with Crippen LogP contribution in [-0.2, 0) is 14.3 Å². The largest absolute Gasteiger partial charge is 0.481 e. The number of carbonyl (C=O) groups is 2. The molecule has 1 aliphatic heterocycles. The highest BCUT2D eigenvalue weighted by atomic mass is 16.5. The number of piperidine rings is 1. The summed E-state index contributed by atoms with van der Waals surface area (Å²) in [6.45, 7) is 5.16. The molecule has 0 radical (unpaired) electrons. The molecule has 0 aromatic rings. The van der Waals surface area contributed by atoms with Crippen molar-refractivity contribution in [1.29, 1.82) is 0 Å². The topological polar surface area (TPSA) is 66.8 Å². The van der Waals surface area contributed by atoms with E-state index in [9.17, 15) is 9.59 Å². The quantitative estimate of drug-likeness (QED) is 0.706. The second-order valence-electron chi connectivity index (χ2n) is 4.09. The van der Waals surface area contributed by atoms with Crippen molar-refractivity contribution in [2.45, 2.75) is 31.8 Å². The summed E-state index contributed by atoms with van der Waals surface area (Å²) in [5.41, 5.74) is 0. The molecule has 1 N–H and O–H groups in total. The normalized spacial score (nSPS) is 16.8. The number of carbonyl (C=O) groups excluding carboxylic acids is 1. The van der Waals surface area contributed by atoms with Crippen molar-refractivity contribution >= 4 is 11.9 Å². The van der Waals surface area contributed by atoms with E-state index in [1.807, 2.05) is 0 Å². The summed E-state index contributed by atoms with van der Waals surface area (Å²) in [5.74, 6) is -0.743. The van der Waals surface area contributed by atoms with E-state index in [0.29, 0.717) is 19.5 Å². The monoisotopic (exact) mass is 241 g/mol. The molecule has 1 saturated heterocycles. The first-order valence-corrected chi connectivity index (χ1v) is 5.85. The smallest absolute Gasteiger partial charge is 0.305 e. The first-order valence-electron chi connectivity index (χ1n) is 5.85. The molecule has 96 valence electrons. The van der Waals surface area contributed by atoms with Crippen molar-refractivity contribution in [3.63, 3.8) is 0 Å². The van der Waals surface area contributed by atoms with E-state index in [4.69, 9.17) is 9.84 Å². The minimum Gasteiger partial charge on any atom is -0.481 e. The summed E-state index contributed by atoms with van der Waals surface area (Å²) < 4.78 is 5.44. The Morgan fingerprint density at radius 1 is 1.41 bits per heavy atom. The van der Waals surface area contributed by atoms with Crippen LogP contribution in [0.3, 0.4) is 0 Å². The molecule has 0 aliphatic carbocycles. The van der Waals surface area contributed by atoms with E-state index in [1.165, 1.54) is 0 Å². The molecule has 1 rings (SSSR count). The second kappa shape index (κ2) is 7.06. The van der Waals surface area contributed by atoms with Gasteiger partial charge in [-0.25, -0.2) is 0 Å². The van der Waals surface area contributed by atoms with Gasteiger partial charge in [-0.05, 0) is 12.8 Å². The highest BCUT2D eigenvalue weighted by Crippen LogP contribution is 2.14. The van der Waals surface area contributed by atoms with Crippen LogP contribution in [0.15, 0.2) is 12.7 Å². The summed E-state index contributed by atoms with van der Waals surface area (Å²) in [6.07, 6.45) is 3.67. The molecular weight excluding hydrogens is 222 g/mol. The Labute approximate surface area is 101 Å². The molecule has 5 heteroatoms. The lowest BCUT2D eigenvalue weighted by Gasteiger charge is -2.31. The average Bonchev–Trinajstić information content (AvgIpc) is 2.30. The number of rotatable bonds is 6. The van der Waals surface area contributed by atoms with Crippen LogP contribution in [0.5, 0.6) is 0 Å². The van der Waals surface area contributed by atoms with Gasteiger partial charge in [0.25, 0.3) is 0 Å². The molecule has 1 fully saturated rings. The van der Waals surface area contributed by atoms with E-state index in [2.05, 4.69) is 6.58 Å². The number of amides is 1. The minimum atomic E-state index is -0.844. The van der Waals surface area contributed by atoms with Crippen LogP contribution in [0.1, 0.15) is 25.7 Å². The fourth-order valence-electron chi connectivity index (χ4n) is 1.84. The van der Waals surface area contributed by atoms with E-state index < -0.39 is 5.97 Å². The highest BCUT2D eigenvalue weighted by molar-refractivity contribution is 5.77. The minimum absolute atomic E-state index is 0.0373. The molecule has 0 spiro atoms. The lowest BCUT2D eigenvalue weighted by Crippen LogP contribution is -2.40. The predicted molar refractivity (Wildman–Crippen MR) is 62.6 cm³/mol. The Kier molecular flexibility index (Phi) is 5.69. The summed E-state index contributed by atoms with van der Waals surface area (Å²) >= 11 is 0. The summed E-state index contributed by atoms with van der Waals surface area (Å²) in [5, 5.41) is 8.47. The first-order chi connectivity index (χ1) is 8.13. The molecule has 0 bridgehead atoms. The Morgan fingerprint density at radius 2 is 2.06 bits per heavy atom. The molecular formula is C12H19NO4. The number of likely N-dealkylation sites (tertiary alicyclic amines) is 1. The van der Waals surface area contributed by atoms with E-state index in [-0.39, 0.29) is 25.0 Å².